The van der Waals surface area contributed by atoms with E-state index in [9.17, 15) is 4.79 Å². The summed E-state index contributed by atoms with van der Waals surface area (Å²) >= 11 is 0. The van der Waals surface area contributed by atoms with E-state index in [0.29, 0.717) is 13.2 Å². The van der Waals surface area contributed by atoms with E-state index in [1.165, 1.54) is 0 Å². The van der Waals surface area contributed by atoms with Crippen LogP contribution in [-0.4, -0.2) is 44.4 Å². The molecule has 2 aliphatic heterocycles. The van der Waals surface area contributed by atoms with Crippen LogP contribution < -0.4 is 9.47 Å². The van der Waals surface area contributed by atoms with Crippen molar-refractivity contribution in [3.05, 3.63) is 70.8 Å². The van der Waals surface area contributed by atoms with Crippen LogP contribution in [0.5, 0.6) is 11.5 Å². The molecular formula is C27H28O5. The second kappa shape index (κ2) is 9.72. The number of Topliss-reactive ketones (excluding diaryl/α,β-unsaturated/α-hetero) is 1. The van der Waals surface area contributed by atoms with E-state index < -0.39 is 0 Å². The summed E-state index contributed by atoms with van der Waals surface area (Å²) in [5, 5.41) is 0. The molecule has 0 N–H and O–H groups in total. The quantitative estimate of drug-likeness (QED) is 0.339. The molecular weight excluding hydrogens is 404 g/mol. The fourth-order valence-corrected chi connectivity index (χ4v) is 3.77. The zero-order valence-electron chi connectivity index (χ0n) is 18.1. The molecule has 0 radical (unpaired) electrons. The van der Waals surface area contributed by atoms with E-state index in [-0.39, 0.29) is 18.0 Å². The first-order valence-corrected chi connectivity index (χ1v) is 11.4. The van der Waals surface area contributed by atoms with Gasteiger partial charge in [0.1, 0.15) is 36.9 Å². The first-order chi connectivity index (χ1) is 15.7. The van der Waals surface area contributed by atoms with Crippen LogP contribution in [0.25, 0.3) is 12.2 Å². The molecule has 166 valence electrons. The number of hydrogen-bond acceptors (Lipinski definition) is 5. The predicted octanol–water partition coefficient (Wildman–Crippen LogP) is 4.85. The van der Waals surface area contributed by atoms with Gasteiger partial charge in [-0.15, -0.1) is 0 Å². The summed E-state index contributed by atoms with van der Waals surface area (Å²) < 4.78 is 21.7. The van der Waals surface area contributed by atoms with Crippen LogP contribution in [0, 0.1) is 0 Å². The van der Waals surface area contributed by atoms with Crippen molar-refractivity contribution in [2.24, 2.45) is 0 Å². The Hall–Kier alpha value is -2.89. The number of allylic oxidation sites excluding steroid dienone is 2. The highest BCUT2D eigenvalue weighted by molar-refractivity contribution is 6.13. The number of ether oxygens (including phenoxy) is 4. The van der Waals surface area contributed by atoms with E-state index in [0.717, 1.165) is 72.7 Å². The number of rotatable bonds is 8. The second-order valence-corrected chi connectivity index (χ2v) is 8.55. The monoisotopic (exact) mass is 432 g/mol. The van der Waals surface area contributed by atoms with E-state index >= 15 is 0 Å². The maximum absolute atomic E-state index is 13.2. The largest absolute Gasteiger partial charge is 0.491 e. The Balaban J connectivity index is 1.26. The molecule has 2 aromatic carbocycles. The number of hydrogen-bond donors (Lipinski definition) is 0. The van der Waals surface area contributed by atoms with E-state index in [2.05, 4.69) is 0 Å². The minimum absolute atomic E-state index is 0.153. The van der Waals surface area contributed by atoms with Gasteiger partial charge in [0.05, 0.1) is 13.2 Å². The fraction of sp³-hybridized carbons (Fsp3) is 0.370. The fourth-order valence-electron chi connectivity index (χ4n) is 3.77. The zero-order valence-corrected chi connectivity index (χ0v) is 18.1. The molecule has 5 rings (SSSR count). The van der Waals surface area contributed by atoms with Gasteiger partial charge in [-0.2, -0.15) is 0 Å². The van der Waals surface area contributed by atoms with Crippen molar-refractivity contribution in [1.29, 1.82) is 0 Å². The number of carbonyl (C=O) groups is 1. The summed E-state index contributed by atoms with van der Waals surface area (Å²) in [6.07, 6.45) is 8.19. The molecule has 1 aliphatic carbocycles. The molecule has 5 nitrogen and oxygen atoms in total. The minimum Gasteiger partial charge on any atom is -0.491 e. The lowest BCUT2D eigenvalue weighted by atomic mass is 9.98. The third-order valence-corrected chi connectivity index (χ3v) is 5.84. The van der Waals surface area contributed by atoms with Gasteiger partial charge in [0.15, 0.2) is 5.78 Å². The molecule has 3 aliphatic rings. The van der Waals surface area contributed by atoms with E-state index in [1.807, 2.05) is 60.7 Å². The van der Waals surface area contributed by atoms with Crippen LogP contribution in [0.15, 0.2) is 59.7 Å². The Bertz CT molecular complexity index is 914. The van der Waals surface area contributed by atoms with Crippen LogP contribution in [-0.2, 0) is 14.3 Å². The third kappa shape index (κ3) is 5.87. The SMILES string of the molecule is O=C1/C(=C\c2ccc(OCC3CO3)cc2)CCCC/C1=C\c1ccc(OCC2CO2)cc1. The number of epoxide rings is 2. The van der Waals surface area contributed by atoms with Gasteiger partial charge in [-0.3, -0.25) is 4.79 Å². The first-order valence-electron chi connectivity index (χ1n) is 11.4. The van der Waals surface area contributed by atoms with Gasteiger partial charge in [-0.25, -0.2) is 0 Å². The van der Waals surface area contributed by atoms with Gasteiger partial charge >= 0.3 is 0 Å². The average Bonchev–Trinajstić information content (AvgIpc) is 3.72. The van der Waals surface area contributed by atoms with Crippen molar-refractivity contribution in [2.75, 3.05) is 26.4 Å². The van der Waals surface area contributed by atoms with Gasteiger partial charge in [-0.1, -0.05) is 24.3 Å². The van der Waals surface area contributed by atoms with Gasteiger partial charge in [-0.05, 0) is 73.2 Å². The molecule has 1 saturated carbocycles. The first kappa shape index (κ1) is 21.0. The molecule has 0 spiro atoms. The smallest absolute Gasteiger partial charge is 0.185 e. The Labute approximate surface area is 188 Å². The summed E-state index contributed by atoms with van der Waals surface area (Å²) in [6, 6.07) is 15.8. The summed E-state index contributed by atoms with van der Waals surface area (Å²) in [6.45, 7) is 2.76. The van der Waals surface area contributed by atoms with Gasteiger partial charge < -0.3 is 18.9 Å². The predicted molar refractivity (Wildman–Crippen MR) is 123 cm³/mol. The Morgan fingerprint density at radius 3 is 1.50 bits per heavy atom. The zero-order chi connectivity index (χ0) is 21.8. The van der Waals surface area contributed by atoms with Crippen LogP contribution in [0.2, 0.25) is 0 Å². The molecule has 2 heterocycles. The maximum atomic E-state index is 13.2. The molecule has 0 amide bonds. The Morgan fingerprint density at radius 1 is 0.719 bits per heavy atom. The Morgan fingerprint density at radius 2 is 1.12 bits per heavy atom. The molecule has 2 saturated heterocycles. The van der Waals surface area contributed by atoms with Crippen LogP contribution in [0.1, 0.15) is 36.8 Å². The van der Waals surface area contributed by atoms with E-state index in [1.54, 1.807) is 0 Å². The van der Waals surface area contributed by atoms with Gasteiger partial charge in [0, 0.05) is 11.1 Å². The maximum Gasteiger partial charge on any atom is 0.185 e. The van der Waals surface area contributed by atoms with Crippen LogP contribution >= 0.6 is 0 Å². The summed E-state index contributed by atoms with van der Waals surface area (Å²) in [5.41, 5.74) is 3.79. The molecule has 32 heavy (non-hydrogen) atoms. The van der Waals surface area contributed by atoms with Gasteiger partial charge in [0.2, 0.25) is 0 Å². The van der Waals surface area contributed by atoms with E-state index in [4.69, 9.17) is 18.9 Å². The highest BCUT2D eigenvalue weighted by Crippen LogP contribution is 2.28. The highest BCUT2D eigenvalue weighted by atomic mass is 16.6. The lowest BCUT2D eigenvalue weighted by Crippen LogP contribution is -2.05. The van der Waals surface area contributed by atoms with Crippen LogP contribution in [0.4, 0.5) is 0 Å². The third-order valence-electron chi connectivity index (χ3n) is 5.84. The number of carbonyl (C=O) groups excluding carboxylic acids is 1. The van der Waals surface area contributed by atoms with Crippen molar-refractivity contribution in [1.82, 2.24) is 0 Å². The van der Waals surface area contributed by atoms with Gasteiger partial charge in [0.25, 0.3) is 0 Å². The highest BCUT2D eigenvalue weighted by Gasteiger charge is 2.24. The number of ketones is 1. The second-order valence-electron chi connectivity index (χ2n) is 8.55. The van der Waals surface area contributed by atoms with Crippen molar-refractivity contribution < 1.29 is 23.7 Å². The molecule has 3 fully saturated rings. The lowest BCUT2D eigenvalue weighted by molar-refractivity contribution is -0.112. The van der Waals surface area contributed by atoms with Crippen molar-refractivity contribution in [3.63, 3.8) is 0 Å². The van der Waals surface area contributed by atoms with Crippen molar-refractivity contribution >= 4 is 17.9 Å². The summed E-state index contributed by atoms with van der Waals surface area (Å²) in [5.74, 6) is 1.81. The minimum atomic E-state index is 0.153. The van der Waals surface area contributed by atoms with Crippen molar-refractivity contribution in [2.45, 2.75) is 37.9 Å². The molecule has 2 aromatic rings. The van der Waals surface area contributed by atoms with Crippen molar-refractivity contribution in [3.8, 4) is 11.5 Å². The molecule has 0 bridgehead atoms. The molecule has 0 aromatic heterocycles. The topological polar surface area (TPSA) is 60.6 Å². The average molecular weight is 433 g/mol. The normalized spacial score (nSPS) is 24.9. The standard InChI is InChI=1S/C27H28O5/c28-27-21(13-19-5-9-23(10-6-19)29-15-25-17-31-25)3-1-2-4-22(27)14-20-7-11-24(12-8-20)30-16-26-18-32-26/h5-14,25-26H,1-4,15-18H2/b21-13-,22-14+. The Kier molecular flexibility index (Phi) is 6.37. The summed E-state index contributed by atoms with van der Waals surface area (Å²) in [7, 11) is 0. The molecule has 2 atom stereocenters. The summed E-state index contributed by atoms with van der Waals surface area (Å²) in [4.78, 5) is 13.2. The number of benzene rings is 2. The van der Waals surface area contributed by atoms with Crippen LogP contribution in [0.3, 0.4) is 0 Å². The molecule has 5 heteroatoms. The molecule has 2 unspecified atom stereocenters. The lowest BCUT2D eigenvalue weighted by Gasteiger charge is -2.08.